The van der Waals surface area contributed by atoms with Gasteiger partial charge in [0, 0.05) is 22.1 Å². The van der Waals surface area contributed by atoms with E-state index in [4.69, 9.17) is 4.74 Å². The van der Waals surface area contributed by atoms with Gasteiger partial charge in [-0.15, -0.1) is 0 Å². The second-order valence-electron chi connectivity index (χ2n) is 6.47. The summed E-state index contributed by atoms with van der Waals surface area (Å²) in [6.45, 7) is 2.06. The summed E-state index contributed by atoms with van der Waals surface area (Å²) in [5.74, 6) is 0.836. The van der Waals surface area contributed by atoms with E-state index in [0.717, 1.165) is 21.5 Å². The zero-order valence-electron chi connectivity index (χ0n) is 15.4. The maximum atomic E-state index is 12.9. The summed E-state index contributed by atoms with van der Waals surface area (Å²) >= 11 is 3.46. The van der Waals surface area contributed by atoms with E-state index >= 15 is 0 Å². The van der Waals surface area contributed by atoms with Crippen LogP contribution in [0.2, 0.25) is 0 Å². The van der Waals surface area contributed by atoms with Gasteiger partial charge in [0.1, 0.15) is 5.75 Å². The van der Waals surface area contributed by atoms with E-state index in [0.29, 0.717) is 12.0 Å². The number of carbonyl (C=O) groups is 1. The molecule has 0 amide bonds. The topological polar surface area (TPSA) is 38.3 Å². The quantitative estimate of drug-likeness (QED) is 0.460. The summed E-state index contributed by atoms with van der Waals surface area (Å²) in [5.41, 5.74) is 3.95. The van der Waals surface area contributed by atoms with E-state index in [1.54, 1.807) is 7.11 Å². The van der Waals surface area contributed by atoms with Gasteiger partial charge < -0.3 is 10.1 Å². The van der Waals surface area contributed by atoms with Crippen LogP contribution in [0.5, 0.6) is 5.75 Å². The number of methoxy groups -OCH3 is 1. The number of ether oxygens (including phenoxy) is 1. The van der Waals surface area contributed by atoms with Crippen LogP contribution in [0.1, 0.15) is 33.9 Å². The molecular weight excluding hydrogens is 402 g/mol. The number of carbonyl (C=O) groups excluding carboxylic acids is 1. The molecule has 3 aromatic rings. The van der Waals surface area contributed by atoms with Crippen molar-refractivity contribution < 1.29 is 9.53 Å². The van der Waals surface area contributed by atoms with Crippen LogP contribution in [-0.2, 0) is 0 Å². The molecule has 138 valence electrons. The van der Waals surface area contributed by atoms with Gasteiger partial charge in [-0.05, 0) is 61.0 Å². The number of halogens is 1. The van der Waals surface area contributed by atoms with Gasteiger partial charge in [0.25, 0.3) is 0 Å². The first-order valence-corrected chi connectivity index (χ1v) is 9.60. The highest BCUT2D eigenvalue weighted by molar-refractivity contribution is 9.10. The zero-order chi connectivity index (χ0) is 19.2. The van der Waals surface area contributed by atoms with Crippen molar-refractivity contribution in [2.24, 2.45) is 0 Å². The van der Waals surface area contributed by atoms with Crippen molar-refractivity contribution in [1.29, 1.82) is 0 Å². The van der Waals surface area contributed by atoms with Gasteiger partial charge in [0.2, 0.25) is 0 Å². The minimum Gasteiger partial charge on any atom is -0.497 e. The lowest BCUT2D eigenvalue weighted by Gasteiger charge is -2.20. The molecule has 4 heteroatoms. The van der Waals surface area contributed by atoms with Crippen LogP contribution in [0.4, 0.5) is 5.69 Å². The summed E-state index contributed by atoms with van der Waals surface area (Å²) in [4.78, 5) is 12.9. The molecule has 0 aliphatic rings. The molecule has 0 aliphatic heterocycles. The van der Waals surface area contributed by atoms with Gasteiger partial charge in [0.15, 0.2) is 5.78 Å². The molecule has 3 nitrogen and oxygen atoms in total. The highest BCUT2D eigenvalue weighted by Crippen LogP contribution is 2.26. The molecular formula is C23H22BrNO2. The Bertz CT molecular complexity index is 887. The third-order valence-electron chi connectivity index (χ3n) is 4.47. The maximum Gasteiger partial charge on any atom is 0.165 e. The van der Waals surface area contributed by atoms with Crippen molar-refractivity contribution >= 4 is 27.4 Å². The molecule has 1 unspecified atom stereocenters. The molecule has 3 aromatic carbocycles. The highest BCUT2D eigenvalue weighted by Gasteiger charge is 2.17. The smallest absolute Gasteiger partial charge is 0.165 e. The molecule has 0 radical (unpaired) electrons. The zero-order valence-corrected chi connectivity index (χ0v) is 17.0. The van der Waals surface area contributed by atoms with Gasteiger partial charge in [-0.25, -0.2) is 0 Å². The monoisotopic (exact) mass is 423 g/mol. The van der Waals surface area contributed by atoms with Gasteiger partial charge in [-0.3, -0.25) is 4.79 Å². The molecule has 1 N–H and O–H groups in total. The van der Waals surface area contributed by atoms with E-state index in [-0.39, 0.29) is 11.8 Å². The third kappa shape index (κ3) is 5.20. The number of hydrogen-bond acceptors (Lipinski definition) is 3. The molecule has 3 rings (SSSR count). The molecule has 0 spiro atoms. The van der Waals surface area contributed by atoms with Crippen LogP contribution in [0.3, 0.4) is 0 Å². The SMILES string of the molecule is COc1ccc(C(=O)CC(Nc2ccc(Br)cc2)c2ccc(C)cc2)cc1. The Hall–Kier alpha value is -2.59. The summed E-state index contributed by atoms with van der Waals surface area (Å²) in [7, 11) is 1.62. The highest BCUT2D eigenvalue weighted by atomic mass is 79.9. The maximum absolute atomic E-state index is 12.9. The fraction of sp³-hybridized carbons (Fsp3) is 0.174. The Morgan fingerprint density at radius 3 is 2.19 bits per heavy atom. The summed E-state index contributed by atoms with van der Waals surface area (Å²) in [6.07, 6.45) is 0.367. The predicted octanol–water partition coefficient (Wildman–Crippen LogP) is 6.19. The Morgan fingerprint density at radius 1 is 0.963 bits per heavy atom. The summed E-state index contributed by atoms with van der Waals surface area (Å²) in [6, 6.07) is 23.4. The van der Waals surface area contributed by atoms with Crippen LogP contribution in [0.25, 0.3) is 0 Å². The van der Waals surface area contributed by atoms with Gasteiger partial charge >= 0.3 is 0 Å². The predicted molar refractivity (Wildman–Crippen MR) is 114 cm³/mol. The lowest BCUT2D eigenvalue weighted by atomic mass is 9.97. The molecule has 0 aliphatic carbocycles. The Kier molecular flexibility index (Phi) is 6.30. The van der Waals surface area contributed by atoms with E-state index in [9.17, 15) is 4.79 Å². The van der Waals surface area contributed by atoms with Gasteiger partial charge in [-0.1, -0.05) is 45.8 Å². The first kappa shape index (κ1) is 19.2. The lowest BCUT2D eigenvalue weighted by Crippen LogP contribution is -2.16. The summed E-state index contributed by atoms with van der Waals surface area (Å²) in [5, 5.41) is 3.50. The van der Waals surface area contributed by atoms with E-state index in [2.05, 4.69) is 52.4 Å². The number of anilines is 1. The largest absolute Gasteiger partial charge is 0.497 e. The molecule has 1 atom stereocenters. The molecule has 0 saturated heterocycles. The average molecular weight is 424 g/mol. The van der Waals surface area contributed by atoms with Crippen molar-refractivity contribution in [3.05, 3.63) is 94.0 Å². The number of rotatable bonds is 7. The number of hydrogen-bond donors (Lipinski definition) is 1. The minimum atomic E-state index is -0.110. The molecule has 0 heterocycles. The fourth-order valence-corrected chi connectivity index (χ4v) is 3.14. The average Bonchev–Trinajstić information content (AvgIpc) is 2.70. The van der Waals surface area contributed by atoms with E-state index < -0.39 is 0 Å². The van der Waals surface area contributed by atoms with Crippen molar-refractivity contribution in [3.8, 4) is 5.75 Å². The number of benzene rings is 3. The van der Waals surface area contributed by atoms with E-state index in [1.807, 2.05) is 48.5 Å². The van der Waals surface area contributed by atoms with Crippen molar-refractivity contribution in [2.75, 3.05) is 12.4 Å². The Labute approximate surface area is 168 Å². The van der Waals surface area contributed by atoms with Crippen LogP contribution in [0.15, 0.2) is 77.3 Å². The Balaban J connectivity index is 1.82. The number of nitrogens with one attached hydrogen (secondary N) is 1. The minimum absolute atomic E-state index is 0.0906. The second kappa shape index (κ2) is 8.87. The Morgan fingerprint density at radius 2 is 1.59 bits per heavy atom. The van der Waals surface area contributed by atoms with Crippen LogP contribution in [0, 0.1) is 6.92 Å². The van der Waals surface area contributed by atoms with Crippen molar-refractivity contribution in [3.63, 3.8) is 0 Å². The van der Waals surface area contributed by atoms with Crippen LogP contribution in [-0.4, -0.2) is 12.9 Å². The number of ketones is 1. The first-order chi connectivity index (χ1) is 13.0. The number of aryl methyl sites for hydroxylation is 1. The van der Waals surface area contributed by atoms with Crippen molar-refractivity contribution in [1.82, 2.24) is 0 Å². The summed E-state index contributed by atoms with van der Waals surface area (Å²) < 4.78 is 6.19. The lowest BCUT2D eigenvalue weighted by molar-refractivity contribution is 0.0976. The molecule has 0 aromatic heterocycles. The second-order valence-corrected chi connectivity index (χ2v) is 7.39. The number of Topliss-reactive ketones (excluding diaryl/α,β-unsaturated/α-hetero) is 1. The van der Waals surface area contributed by atoms with E-state index in [1.165, 1.54) is 5.56 Å². The third-order valence-corrected chi connectivity index (χ3v) is 5.00. The van der Waals surface area contributed by atoms with Crippen molar-refractivity contribution in [2.45, 2.75) is 19.4 Å². The molecule has 0 bridgehead atoms. The van der Waals surface area contributed by atoms with Crippen LogP contribution >= 0.6 is 15.9 Å². The van der Waals surface area contributed by atoms with Gasteiger partial charge in [-0.2, -0.15) is 0 Å². The standard InChI is InChI=1S/C23H22BrNO2/c1-16-3-5-17(6-4-16)22(25-20-11-9-19(24)10-12-20)15-23(26)18-7-13-21(27-2)14-8-18/h3-14,22,25H,15H2,1-2H3. The molecule has 0 fully saturated rings. The normalized spacial score (nSPS) is 11.7. The van der Waals surface area contributed by atoms with Crippen LogP contribution < -0.4 is 10.1 Å². The van der Waals surface area contributed by atoms with Gasteiger partial charge in [0.05, 0.1) is 13.2 Å². The molecule has 0 saturated carbocycles. The fourth-order valence-electron chi connectivity index (χ4n) is 2.88. The molecule has 27 heavy (non-hydrogen) atoms. The first-order valence-electron chi connectivity index (χ1n) is 8.81.